The van der Waals surface area contributed by atoms with E-state index in [0.29, 0.717) is 12.2 Å². The molecule has 1 aromatic heterocycles. The highest BCUT2D eigenvalue weighted by atomic mass is 16.6. The van der Waals surface area contributed by atoms with Gasteiger partial charge in [0.2, 0.25) is 0 Å². The van der Waals surface area contributed by atoms with Crippen molar-refractivity contribution in [2.75, 3.05) is 7.11 Å². The number of tetrazole rings is 1. The van der Waals surface area contributed by atoms with Crippen LogP contribution in [-0.4, -0.2) is 45.0 Å². The highest BCUT2D eigenvalue weighted by Crippen LogP contribution is 2.24. The van der Waals surface area contributed by atoms with Crippen LogP contribution in [0.3, 0.4) is 0 Å². The van der Waals surface area contributed by atoms with E-state index in [1.54, 1.807) is 34.6 Å². The number of aromatic nitrogens is 4. The smallest absolute Gasteiger partial charge is 0.422 e. The van der Waals surface area contributed by atoms with Crippen molar-refractivity contribution < 1.29 is 19.1 Å². The molecule has 0 unspecified atom stereocenters. The number of nitrogens with zero attached hydrogens (tertiary/aromatic N) is 4. The highest BCUT2D eigenvalue weighted by Gasteiger charge is 2.34. The molecule has 1 atom stereocenters. The molecule has 0 aliphatic heterocycles. The molecule has 1 aromatic rings. The van der Waals surface area contributed by atoms with Crippen molar-refractivity contribution in [3.63, 3.8) is 0 Å². The number of hydrogen-bond donors (Lipinski definition) is 2. The van der Waals surface area contributed by atoms with Crippen LogP contribution in [0.2, 0.25) is 0 Å². The average molecular weight is 370 g/mol. The third kappa shape index (κ3) is 6.25. The maximum atomic E-state index is 12.2. The molecule has 0 bridgehead atoms. The lowest BCUT2D eigenvalue weighted by Crippen LogP contribution is -2.51. The first-order chi connectivity index (χ1) is 11.9. The normalized spacial score (nSPS) is 13.4. The van der Waals surface area contributed by atoms with E-state index in [1.807, 2.05) is 13.8 Å². The average Bonchev–Trinajstić information content (AvgIpc) is 2.98. The molecule has 0 aromatic carbocycles. The largest absolute Gasteiger partial charge is 0.467 e. The van der Waals surface area contributed by atoms with E-state index < -0.39 is 29.2 Å². The lowest BCUT2D eigenvalue weighted by atomic mass is 10.0. The summed E-state index contributed by atoms with van der Waals surface area (Å²) >= 11 is 0. The molecule has 1 heterocycles. The summed E-state index contributed by atoms with van der Waals surface area (Å²) in [4.78, 5) is 24.1. The van der Waals surface area contributed by atoms with Gasteiger partial charge in [-0.05, 0) is 57.4 Å². The molecule has 0 spiro atoms. The molecule has 1 amide bonds. The number of hydrogen-bond acceptors (Lipinski definition) is 8. The fourth-order valence-corrected chi connectivity index (χ4v) is 2.26. The minimum atomic E-state index is -0.871. The van der Waals surface area contributed by atoms with Crippen LogP contribution in [0, 0.1) is 5.92 Å². The van der Waals surface area contributed by atoms with Gasteiger partial charge in [0.25, 0.3) is 0 Å². The molecule has 2 N–H and O–H groups in total. The Morgan fingerprint density at radius 3 is 2.31 bits per heavy atom. The molecule has 0 aliphatic rings. The standard InChI is InChI=1S/C16H30N6O4/c1-10(2)9-11(12(23)25-8)22-13(17-20-21-22)16(6,7)19-18-14(24)26-15(3,4)5/h10-11,19H,9H2,1-8H3,(H,18,24)/t11-/m1/s1. The fourth-order valence-electron chi connectivity index (χ4n) is 2.26. The Hall–Kier alpha value is -2.23. The van der Waals surface area contributed by atoms with E-state index in [2.05, 4.69) is 26.4 Å². The van der Waals surface area contributed by atoms with Gasteiger partial charge in [-0.1, -0.05) is 13.8 Å². The van der Waals surface area contributed by atoms with Crippen molar-refractivity contribution >= 4 is 12.1 Å². The molecular formula is C16H30N6O4. The SMILES string of the molecule is COC(=O)[C@@H](CC(C)C)n1nnnc1C(C)(C)NNC(=O)OC(C)(C)C. The number of carbonyl (C=O) groups excluding carboxylic acids is 2. The summed E-state index contributed by atoms with van der Waals surface area (Å²) in [6, 6.07) is -0.660. The van der Waals surface area contributed by atoms with E-state index in [4.69, 9.17) is 9.47 Å². The fraction of sp³-hybridized carbons (Fsp3) is 0.812. The first-order valence-corrected chi connectivity index (χ1v) is 8.49. The van der Waals surface area contributed by atoms with Crippen molar-refractivity contribution in [1.82, 2.24) is 31.1 Å². The maximum Gasteiger partial charge on any atom is 0.422 e. The number of nitrogens with one attached hydrogen (secondary N) is 2. The minimum Gasteiger partial charge on any atom is -0.467 e. The first kappa shape index (κ1) is 21.8. The van der Waals surface area contributed by atoms with E-state index in [9.17, 15) is 9.59 Å². The van der Waals surface area contributed by atoms with Crippen molar-refractivity contribution in [3.8, 4) is 0 Å². The van der Waals surface area contributed by atoms with Crippen molar-refractivity contribution in [2.24, 2.45) is 5.92 Å². The molecule has 0 saturated carbocycles. The van der Waals surface area contributed by atoms with Crippen LogP contribution in [0.15, 0.2) is 0 Å². The number of ether oxygens (including phenoxy) is 2. The van der Waals surface area contributed by atoms with Crippen LogP contribution in [-0.2, 0) is 19.8 Å². The van der Waals surface area contributed by atoms with Gasteiger partial charge in [-0.25, -0.2) is 19.7 Å². The number of hydrazine groups is 1. The monoisotopic (exact) mass is 370 g/mol. The molecule has 1 rings (SSSR count). The van der Waals surface area contributed by atoms with Gasteiger partial charge >= 0.3 is 12.1 Å². The zero-order valence-corrected chi connectivity index (χ0v) is 16.8. The number of methoxy groups -OCH3 is 1. The molecule has 0 fully saturated rings. The van der Waals surface area contributed by atoms with Crippen LogP contribution >= 0.6 is 0 Å². The van der Waals surface area contributed by atoms with Gasteiger partial charge in [0.05, 0.1) is 12.6 Å². The Morgan fingerprint density at radius 1 is 1.19 bits per heavy atom. The van der Waals surface area contributed by atoms with Crippen molar-refractivity contribution in [2.45, 2.75) is 72.1 Å². The molecule has 0 saturated heterocycles. The van der Waals surface area contributed by atoms with Crippen LogP contribution in [0.25, 0.3) is 0 Å². The predicted octanol–water partition coefficient (Wildman–Crippen LogP) is 1.70. The van der Waals surface area contributed by atoms with E-state index >= 15 is 0 Å². The summed E-state index contributed by atoms with van der Waals surface area (Å²) in [5.41, 5.74) is 3.84. The lowest BCUT2D eigenvalue weighted by molar-refractivity contribution is -0.145. The van der Waals surface area contributed by atoms with Gasteiger partial charge in [-0.15, -0.1) is 5.10 Å². The first-order valence-electron chi connectivity index (χ1n) is 8.49. The van der Waals surface area contributed by atoms with Crippen LogP contribution in [0.1, 0.15) is 66.8 Å². The molecule has 0 aliphatic carbocycles. The highest BCUT2D eigenvalue weighted by molar-refractivity contribution is 5.74. The number of amides is 1. The molecule has 148 valence electrons. The van der Waals surface area contributed by atoms with Gasteiger partial charge in [-0.2, -0.15) is 0 Å². The second-order valence-corrected chi connectivity index (χ2v) is 7.99. The Bertz CT molecular complexity index is 621. The molecule has 26 heavy (non-hydrogen) atoms. The summed E-state index contributed by atoms with van der Waals surface area (Å²) in [6.45, 7) is 12.8. The Kier molecular flexibility index (Phi) is 7.08. The lowest BCUT2D eigenvalue weighted by Gasteiger charge is -2.28. The minimum absolute atomic E-state index is 0.229. The van der Waals surface area contributed by atoms with Gasteiger partial charge in [0.15, 0.2) is 11.9 Å². The van der Waals surface area contributed by atoms with Crippen LogP contribution in [0.4, 0.5) is 4.79 Å². The Labute approximate surface area is 154 Å². The van der Waals surface area contributed by atoms with Crippen LogP contribution < -0.4 is 10.9 Å². The summed E-state index contributed by atoms with van der Waals surface area (Å²) in [6.07, 6.45) is -0.114. The van der Waals surface area contributed by atoms with E-state index in [-0.39, 0.29) is 5.92 Å². The van der Waals surface area contributed by atoms with Crippen molar-refractivity contribution in [3.05, 3.63) is 5.82 Å². The third-order valence-corrected chi connectivity index (χ3v) is 3.39. The van der Waals surface area contributed by atoms with Gasteiger partial charge in [-0.3, -0.25) is 5.43 Å². The Balaban J connectivity index is 2.99. The summed E-state index contributed by atoms with van der Waals surface area (Å²) in [5, 5.41) is 11.7. The summed E-state index contributed by atoms with van der Waals surface area (Å²) in [7, 11) is 1.33. The number of carbonyl (C=O) groups is 2. The topological polar surface area (TPSA) is 120 Å². The molecular weight excluding hydrogens is 340 g/mol. The molecule has 0 radical (unpaired) electrons. The Morgan fingerprint density at radius 2 is 1.81 bits per heavy atom. The second kappa shape index (κ2) is 8.43. The maximum absolute atomic E-state index is 12.2. The summed E-state index contributed by atoms with van der Waals surface area (Å²) < 4.78 is 11.5. The van der Waals surface area contributed by atoms with E-state index in [1.165, 1.54) is 11.8 Å². The van der Waals surface area contributed by atoms with Gasteiger partial charge < -0.3 is 9.47 Å². The predicted molar refractivity (Wildman–Crippen MR) is 93.9 cm³/mol. The zero-order valence-electron chi connectivity index (χ0n) is 16.8. The second-order valence-electron chi connectivity index (χ2n) is 7.99. The van der Waals surface area contributed by atoms with Crippen LogP contribution in [0.5, 0.6) is 0 Å². The van der Waals surface area contributed by atoms with Gasteiger partial charge in [0, 0.05) is 0 Å². The van der Waals surface area contributed by atoms with E-state index in [0.717, 1.165) is 0 Å². The van der Waals surface area contributed by atoms with Gasteiger partial charge in [0.1, 0.15) is 5.60 Å². The third-order valence-electron chi connectivity index (χ3n) is 3.39. The number of rotatable bonds is 7. The van der Waals surface area contributed by atoms with Crippen molar-refractivity contribution in [1.29, 1.82) is 0 Å². The summed E-state index contributed by atoms with van der Waals surface area (Å²) in [5.74, 6) is 0.180. The molecule has 10 heteroatoms. The molecule has 10 nitrogen and oxygen atoms in total. The number of esters is 1. The zero-order chi connectivity index (χ0) is 20.1. The quantitative estimate of drug-likeness (QED) is 0.549.